The third-order valence-electron chi connectivity index (χ3n) is 5.64. The summed E-state index contributed by atoms with van der Waals surface area (Å²) in [6, 6.07) is 7.22. The van der Waals surface area contributed by atoms with Crippen molar-refractivity contribution in [3.8, 4) is 10.6 Å². The van der Waals surface area contributed by atoms with E-state index in [-0.39, 0.29) is 42.0 Å². The van der Waals surface area contributed by atoms with Gasteiger partial charge in [-0.05, 0) is 24.3 Å². The number of hydrogen-bond donors (Lipinski definition) is 1. The van der Waals surface area contributed by atoms with Crippen LogP contribution in [-0.2, 0) is 14.4 Å². The zero-order valence-electron chi connectivity index (χ0n) is 14.5. The van der Waals surface area contributed by atoms with Gasteiger partial charge in [0.2, 0.25) is 22.9 Å². The summed E-state index contributed by atoms with van der Waals surface area (Å²) in [4.78, 5) is 38.8. The number of aromatic nitrogens is 2. The molecule has 1 aromatic carbocycles. The van der Waals surface area contributed by atoms with Gasteiger partial charge in [-0.3, -0.25) is 24.6 Å². The normalized spacial score (nSPS) is 27.5. The molecule has 3 amide bonds. The number of nitrogens with one attached hydrogen (secondary N) is 1. The number of anilines is 1. The second-order valence-electron chi connectivity index (χ2n) is 7.20. The fraction of sp³-hybridized carbons (Fsp3) is 0.316. The van der Waals surface area contributed by atoms with Gasteiger partial charge in [-0.25, -0.2) is 0 Å². The summed E-state index contributed by atoms with van der Waals surface area (Å²) in [7, 11) is 0. The van der Waals surface area contributed by atoms with Crippen LogP contribution in [0.2, 0.25) is 5.02 Å². The Bertz CT molecular complexity index is 1010. The van der Waals surface area contributed by atoms with Crippen LogP contribution < -0.4 is 5.32 Å². The third kappa shape index (κ3) is 2.67. The van der Waals surface area contributed by atoms with Crippen molar-refractivity contribution in [3.05, 3.63) is 41.4 Å². The fourth-order valence-corrected chi connectivity index (χ4v) is 5.52. The Labute approximate surface area is 169 Å². The lowest BCUT2D eigenvalue weighted by Gasteiger charge is -2.16. The topological polar surface area (TPSA) is 92.3 Å². The molecule has 4 unspecified atom stereocenters. The number of halogens is 1. The van der Waals surface area contributed by atoms with Gasteiger partial charge in [0, 0.05) is 5.56 Å². The van der Waals surface area contributed by atoms with E-state index in [1.54, 1.807) is 6.07 Å². The maximum Gasteiger partial charge on any atom is 0.246 e. The minimum Gasteiger partial charge on any atom is -0.299 e. The predicted octanol–water partition coefficient (Wildman–Crippen LogP) is 2.60. The molecule has 1 aromatic heterocycles. The van der Waals surface area contributed by atoms with Crippen LogP contribution >= 0.6 is 22.9 Å². The SMILES string of the molecule is O=C(CN1C(=O)C2C3C=CC(C3)C2C1=O)Nc1nnc(-c2ccccc2Cl)s1. The first kappa shape index (κ1) is 17.5. The van der Waals surface area contributed by atoms with Crippen molar-refractivity contribution in [2.75, 3.05) is 11.9 Å². The van der Waals surface area contributed by atoms with Crippen LogP contribution in [0.3, 0.4) is 0 Å². The van der Waals surface area contributed by atoms with Crippen molar-refractivity contribution in [3.63, 3.8) is 0 Å². The van der Waals surface area contributed by atoms with Crippen LogP contribution in [0.1, 0.15) is 6.42 Å². The van der Waals surface area contributed by atoms with Gasteiger partial charge in [-0.2, -0.15) is 0 Å². The highest BCUT2D eigenvalue weighted by atomic mass is 35.5. The van der Waals surface area contributed by atoms with Crippen LogP contribution in [0.5, 0.6) is 0 Å². The number of carbonyl (C=O) groups excluding carboxylic acids is 3. The number of nitrogens with zero attached hydrogens (tertiary/aromatic N) is 3. The van der Waals surface area contributed by atoms with E-state index < -0.39 is 5.91 Å². The van der Waals surface area contributed by atoms with Crippen LogP contribution in [0.15, 0.2) is 36.4 Å². The van der Waals surface area contributed by atoms with Crippen molar-refractivity contribution in [2.45, 2.75) is 6.42 Å². The van der Waals surface area contributed by atoms with Gasteiger partial charge in [0.25, 0.3) is 0 Å². The second kappa shape index (κ2) is 6.49. The van der Waals surface area contributed by atoms with E-state index in [0.717, 1.165) is 16.9 Å². The standard InChI is InChI=1S/C19H15ClN4O3S/c20-12-4-2-1-3-11(12)16-22-23-19(28-16)21-13(25)8-24-17(26)14-9-5-6-10(7-9)15(14)18(24)27/h1-6,9-10,14-15H,7-8H2,(H,21,23,25). The number of imide groups is 1. The Hall–Kier alpha value is -2.58. The molecular weight excluding hydrogens is 400 g/mol. The summed E-state index contributed by atoms with van der Waals surface area (Å²) in [5, 5.41) is 12.0. The Morgan fingerprint density at radius 2 is 1.82 bits per heavy atom. The Morgan fingerprint density at radius 1 is 1.14 bits per heavy atom. The van der Waals surface area contributed by atoms with Gasteiger partial charge in [0.15, 0.2) is 5.01 Å². The molecule has 2 fully saturated rings. The predicted molar refractivity (Wildman–Crippen MR) is 103 cm³/mol. The van der Waals surface area contributed by atoms with E-state index in [9.17, 15) is 14.4 Å². The molecule has 2 aromatic rings. The van der Waals surface area contributed by atoms with Crippen LogP contribution in [0, 0.1) is 23.7 Å². The number of benzene rings is 1. The number of allylic oxidation sites excluding steroid dienone is 2. The lowest BCUT2D eigenvalue weighted by atomic mass is 9.85. The molecular formula is C19H15ClN4O3S. The molecule has 9 heteroatoms. The van der Waals surface area contributed by atoms with Crippen molar-refractivity contribution < 1.29 is 14.4 Å². The fourth-order valence-electron chi connectivity index (χ4n) is 4.44. The average Bonchev–Trinajstić information content (AvgIpc) is 3.44. The van der Waals surface area contributed by atoms with Gasteiger partial charge < -0.3 is 0 Å². The van der Waals surface area contributed by atoms with E-state index in [0.29, 0.717) is 15.2 Å². The summed E-state index contributed by atoms with van der Waals surface area (Å²) in [6.45, 7) is -0.300. The second-order valence-corrected chi connectivity index (χ2v) is 8.59. The Morgan fingerprint density at radius 3 is 2.50 bits per heavy atom. The molecule has 142 valence electrons. The Balaban J connectivity index is 1.27. The lowest BCUT2D eigenvalue weighted by Crippen LogP contribution is -2.39. The summed E-state index contributed by atoms with van der Waals surface area (Å²) < 4.78 is 0. The maximum absolute atomic E-state index is 12.7. The van der Waals surface area contributed by atoms with Gasteiger partial charge in [0.1, 0.15) is 6.54 Å². The quantitative estimate of drug-likeness (QED) is 0.613. The third-order valence-corrected chi connectivity index (χ3v) is 6.84. The highest BCUT2D eigenvalue weighted by Crippen LogP contribution is 2.52. The molecule has 2 bridgehead atoms. The van der Waals surface area contributed by atoms with Gasteiger partial charge in [-0.1, -0.05) is 53.3 Å². The zero-order valence-corrected chi connectivity index (χ0v) is 16.1. The molecule has 0 spiro atoms. The van der Waals surface area contributed by atoms with Crippen molar-refractivity contribution in [1.82, 2.24) is 15.1 Å². The van der Waals surface area contributed by atoms with Gasteiger partial charge >= 0.3 is 0 Å². The molecule has 1 aliphatic heterocycles. The largest absolute Gasteiger partial charge is 0.299 e. The van der Waals surface area contributed by atoms with Crippen LogP contribution in [0.25, 0.3) is 10.6 Å². The van der Waals surface area contributed by atoms with E-state index in [1.807, 2.05) is 30.4 Å². The van der Waals surface area contributed by atoms with Crippen LogP contribution in [-0.4, -0.2) is 39.4 Å². The average molecular weight is 415 g/mol. The molecule has 1 saturated carbocycles. The first-order chi connectivity index (χ1) is 13.5. The maximum atomic E-state index is 12.7. The molecule has 1 N–H and O–H groups in total. The highest BCUT2D eigenvalue weighted by Gasteiger charge is 2.59. The minimum absolute atomic E-state index is 0.126. The number of fused-ring (bicyclic) bond motifs is 5. The van der Waals surface area contributed by atoms with Crippen molar-refractivity contribution >= 4 is 45.8 Å². The zero-order chi connectivity index (χ0) is 19.4. The molecule has 7 nitrogen and oxygen atoms in total. The van der Waals surface area contributed by atoms with E-state index in [1.165, 1.54) is 11.3 Å². The summed E-state index contributed by atoms with van der Waals surface area (Å²) in [6.07, 6.45) is 4.92. The lowest BCUT2D eigenvalue weighted by molar-refractivity contribution is -0.143. The first-order valence-electron chi connectivity index (χ1n) is 8.95. The van der Waals surface area contributed by atoms with E-state index in [4.69, 9.17) is 11.6 Å². The van der Waals surface area contributed by atoms with Crippen molar-refractivity contribution in [1.29, 1.82) is 0 Å². The molecule has 2 aliphatic carbocycles. The first-order valence-corrected chi connectivity index (χ1v) is 10.1. The molecule has 2 heterocycles. The van der Waals surface area contributed by atoms with Crippen LogP contribution in [0.4, 0.5) is 5.13 Å². The minimum atomic E-state index is -0.469. The number of amides is 3. The summed E-state index contributed by atoms with van der Waals surface area (Å²) in [5.74, 6) is -1.30. The number of hydrogen-bond acceptors (Lipinski definition) is 6. The van der Waals surface area contributed by atoms with E-state index in [2.05, 4.69) is 15.5 Å². The monoisotopic (exact) mass is 414 g/mol. The van der Waals surface area contributed by atoms with E-state index >= 15 is 0 Å². The molecule has 0 radical (unpaired) electrons. The Kier molecular flexibility index (Phi) is 4.06. The summed E-state index contributed by atoms with van der Waals surface area (Å²) >= 11 is 7.34. The van der Waals surface area contributed by atoms with Gasteiger partial charge in [0.05, 0.1) is 16.9 Å². The van der Waals surface area contributed by atoms with Crippen molar-refractivity contribution in [2.24, 2.45) is 23.7 Å². The number of carbonyl (C=O) groups is 3. The van der Waals surface area contributed by atoms with Gasteiger partial charge in [-0.15, -0.1) is 10.2 Å². The molecule has 28 heavy (non-hydrogen) atoms. The molecule has 1 saturated heterocycles. The number of likely N-dealkylation sites (tertiary alicyclic amines) is 1. The summed E-state index contributed by atoms with van der Waals surface area (Å²) in [5.41, 5.74) is 0.725. The smallest absolute Gasteiger partial charge is 0.246 e. The molecule has 3 aliphatic rings. The number of rotatable bonds is 4. The highest BCUT2D eigenvalue weighted by molar-refractivity contribution is 7.18. The molecule has 5 rings (SSSR count). The molecule has 4 atom stereocenters.